The SMILES string of the molecule is NC(=O)C1CC=CCN1C(=O)c1ccccc1. The van der Waals surface area contributed by atoms with E-state index in [1.54, 1.807) is 24.3 Å². The van der Waals surface area contributed by atoms with Crippen molar-refractivity contribution in [1.29, 1.82) is 0 Å². The average Bonchev–Trinajstić information content (AvgIpc) is 2.39. The van der Waals surface area contributed by atoms with Crippen molar-refractivity contribution in [1.82, 2.24) is 4.90 Å². The van der Waals surface area contributed by atoms with Crippen LogP contribution in [0.2, 0.25) is 0 Å². The smallest absolute Gasteiger partial charge is 0.254 e. The predicted molar refractivity (Wildman–Crippen MR) is 64.2 cm³/mol. The lowest BCUT2D eigenvalue weighted by molar-refractivity contribution is -0.122. The predicted octanol–water partition coefficient (Wildman–Crippen LogP) is 0.943. The molecule has 1 aliphatic heterocycles. The van der Waals surface area contributed by atoms with Crippen molar-refractivity contribution in [3.8, 4) is 0 Å². The van der Waals surface area contributed by atoms with Gasteiger partial charge in [0, 0.05) is 12.1 Å². The molecule has 0 radical (unpaired) electrons. The summed E-state index contributed by atoms with van der Waals surface area (Å²) >= 11 is 0. The molecule has 4 heteroatoms. The van der Waals surface area contributed by atoms with E-state index in [2.05, 4.69) is 0 Å². The lowest BCUT2D eigenvalue weighted by atomic mass is 10.1. The van der Waals surface area contributed by atoms with Crippen molar-refractivity contribution in [2.75, 3.05) is 6.54 Å². The molecule has 1 heterocycles. The molecule has 0 aliphatic carbocycles. The van der Waals surface area contributed by atoms with Gasteiger partial charge in [0.2, 0.25) is 5.91 Å². The van der Waals surface area contributed by atoms with Gasteiger partial charge in [-0.1, -0.05) is 30.4 Å². The van der Waals surface area contributed by atoms with Crippen molar-refractivity contribution in [2.45, 2.75) is 12.5 Å². The molecule has 0 fully saturated rings. The van der Waals surface area contributed by atoms with Crippen LogP contribution >= 0.6 is 0 Å². The Bertz CT molecular complexity index is 454. The minimum Gasteiger partial charge on any atom is -0.368 e. The van der Waals surface area contributed by atoms with Gasteiger partial charge < -0.3 is 10.6 Å². The van der Waals surface area contributed by atoms with Gasteiger partial charge in [0.25, 0.3) is 5.91 Å². The minimum absolute atomic E-state index is 0.154. The third-order valence-corrected chi connectivity index (χ3v) is 2.81. The highest BCUT2D eigenvalue weighted by atomic mass is 16.2. The van der Waals surface area contributed by atoms with Gasteiger partial charge in [-0.15, -0.1) is 0 Å². The van der Waals surface area contributed by atoms with Crippen LogP contribution in [-0.4, -0.2) is 29.3 Å². The maximum absolute atomic E-state index is 12.2. The Balaban J connectivity index is 2.24. The van der Waals surface area contributed by atoms with E-state index >= 15 is 0 Å². The number of nitrogens with two attached hydrogens (primary N) is 1. The molecule has 1 aromatic rings. The van der Waals surface area contributed by atoms with Crippen molar-refractivity contribution < 1.29 is 9.59 Å². The molecule has 1 aromatic carbocycles. The molecular weight excluding hydrogens is 216 g/mol. The summed E-state index contributed by atoms with van der Waals surface area (Å²) in [6.07, 6.45) is 4.25. The lowest BCUT2D eigenvalue weighted by Gasteiger charge is -2.30. The number of carbonyl (C=O) groups excluding carboxylic acids is 2. The highest BCUT2D eigenvalue weighted by Gasteiger charge is 2.28. The second kappa shape index (κ2) is 4.82. The van der Waals surface area contributed by atoms with E-state index in [0.29, 0.717) is 18.5 Å². The zero-order chi connectivity index (χ0) is 12.3. The standard InChI is InChI=1S/C13H14N2O2/c14-12(16)11-8-4-5-9-15(11)13(17)10-6-2-1-3-7-10/h1-7,11H,8-9H2,(H2,14,16). The van der Waals surface area contributed by atoms with Crippen LogP contribution in [0.3, 0.4) is 0 Å². The zero-order valence-corrected chi connectivity index (χ0v) is 9.37. The maximum Gasteiger partial charge on any atom is 0.254 e. The number of hydrogen-bond acceptors (Lipinski definition) is 2. The van der Waals surface area contributed by atoms with Gasteiger partial charge in [-0.3, -0.25) is 9.59 Å². The minimum atomic E-state index is -0.535. The summed E-state index contributed by atoms with van der Waals surface area (Å²) in [6, 6.07) is 8.38. The molecule has 17 heavy (non-hydrogen) atoms. The molecule has 1 unspecified atom stereocenters. The quantitative estimate of drug-likeness (QED) is 0.768. The molecule has 1 aliphatic rings. The Morgan fingerprint density at radius 1 is 1.18 bits per heavy atom. The second-order valence-corrected chi connectivity index (χ2v) is 3.95. The highest BCUT2D eigenvalue weighted by Crippen LogP contribution is 2.15. The topological polar surface area (TPSA) is 63.4 Å². The van der Waals surface area contributed by atoms with Gasteiger partial charge in [0.15, 0.2) is 0 Å². The summed E-state index contributed by atoms with van der Waals surface area (Å²) < 4.78 is 0. The second-order valence-electron chi connectivity index (χ2n) is 3.95. The first kappa shape index (κ1) is 11.4. The van der Waals surface area contributed by atoms with Gasteiger partial charge in [-0.05, 0) is 18.6 Å². The van der Waals surface area contributed by atoms with E-state index in [9.17, 15) is 9.59 Å². The first-order valence-corrected chi connectivity index (χ1v) is 5.50. The van der Waals surface area contributed by atoms with E-state index in [-0.39, 0.29) is 5.91 Å². The Labute approximate surface area is 99.7 Å². The largest absolute Gasteiger partial charge is 0.368 e. The molecule has 2 amide bonds. The van der Waals surface area contributed by atoms with Crippen LogP contribution < -0.4 is 5.73 Å². The molecule has 88 valence electrons. The van der Waals surface area contributed by atoms with E-state index in [4.69, 9.17) is 5.73 Å². The average molecular weight is 230 g/mol. The van der Waals surface area contributed by atoms with Crippen molar-refractivity contribution in [2.24, 2.45) is 5.73 Å². The molecule has 0 saturated heterocycles. The van der Waals surface area contributed by atoms with Crippen LogP contribution in [0.1, 0.15) is 16.8 Å². The number of benzene rings is 1. The zero-order valence-electron chi connectivity index (χ0n) is 9.37. The Hall–Kier alpha value is -2.10. The van der Waals surface area contributed by atoms with Crippen molar-refractivity contribution in [3.63, 3.8) is 0 Å². The summed E-state index contributed by atoms with van der Waals surface area (Å²) in [7, 11) is 0. The highest BCUT2D eigenvalue weighted by molar-refractivity contribution is 5.97. The first-order chi connectivity index (χ1) is 8.20. The number of carbonyl (C=O) groups is 2. The first-order valence-electron chi connectivity index (χ1n) is 5.50. The van der Waals surface area contributed by atoms with Gasteiger partial charge in [0.1, 0.15) is 6.04 Å². The summed E-state index contributed by atoms with van der Waals surface area (Å²) in [6.45, 7) is 0.432. The molecule has 1 atom stereocenters. The number of rotatable bonds is 2. The Kier molecular flexibility index (Phi) is 3.23. The Morgan fingerprint density at radius 3 is 2.53 bits per heavy atom. The lowest BCUT2D eigenvalue weighted by Crippen LogP contribution is -2.49. The molecule has 4 nitrogen and oxygen atoms in total. The number of primary amides is 1. The summed E-state index contributed by atoms with van der Waals surface area (Å²) in [5, 5.41) is 0. The van der Waals surface area contributed by atoms with Gasteiger partial charge in [-0.2, -0.15) is 0 Å². The molecular formula is C13H14N2O2. The van der Waals surface area contributed by atoms with E-state index in [1.165, 1.54) is 4.90 Å². The van der Waals surface area contributed by atoms with Crippen LogP contribution in [0.5, 0.6) is 0 Å². The number of hydrogen-bond donors (Lipinski definition) is 1. The molecule has 0 aromatic heterocycles. The Morgan fingerprint density at radius 2 is 1.88 bits per heavy atom. The molecule has 2 rings (SSSR count). The third-order valence-electron chi connectivity index (χ3n) is 2.81. The van der Waals surface area contributed by atoms with E-state index in [1.807, 2.05) is 18.2 Å². The molecule has 0 saturated carbocycles. The summed E-state index contributed by atoms with van der Waals surface area (Å²) in [5.41, 5.74) is 5.88. The van der Waals surface area contributed by atoms with Gasteiger partial charge >= 0.3 is 0 Å². The van der Waals surface area contributed by atoms with Crippen molar-refractivity contribution >= 4 is 11.8 Å². The van der Waals surface area contributed by atoms with Crippen LogP contribution in [0.15, 0.2) is 42.5 Å². The van der Waals surface area contributed by atoms with Crippen LogP contribution in [0, 0.1) is 0 Å². The normalized spacial score (nSPS) is 19.1. The van der Waals surface area contributed by atoms with E-state index < -0.39 is 11.9 Å². The fraction of sp³-hybridized carbons (Fsp3) is 0.231. The van der Waals surface area contributed by atoms with Crippen molar-refractivity contribution in [3.05, 3.63) is 48.0 Å². The number of amides is 2. The monoisotopic (exact) mass is 230 g/mol. The summed E-state index contributed by atoms with van der Waals surface area (Å²) in [5.74, 6) is -0.614. The van der Waals surface area contributed by atoms with Crippen LogP contribution in [-0.2, 0) is 4.79 Å². The molecule has 0 spiro atoms. The van der Waals surface area contributed by atoms with E-state index in [0.717, 1.165) is 0 Å². The maximum atomic E-state index is 12.2. The van der Waals surface area contributed by atoms with Gasteiger partial charge in [0.05, 0.1) is 0 Å². The third kappa shape index (κ3) is 2.36. The molecule has 0 bridgehead atoms. The van der Waals surface area contributed by atoms with Crippen LogP contribution in [0.4, 0.5) is 0 Å². The fourth-order valence-electron chi connectivity index (χ4n) is 1.91. The van der Waals surface area contributed by atoms with Crippen LogP contribution in [0.25, 0.3) is 0 Å². The molecule has 2 N–H and O–H groups in total. The van der Waals surface area contributed by atoms with Gasteiger partial charge in [-0.25, -0.2) is 0 Å². The fourth-order valence-corrected chi connectivity index (χ4v) is 1.91. The summed E-state index contributed by atoms with van der Waals surface area (Å²) in [4.78, 5) is 25.0. The number of nitrogens with zero attached hydrogens (tertiary/aromatic N) is 1.